The van der Waals surface area contributed by atoms with Gasteiger partial charge >= 0.3 is 0 Å². The highest BCUT2D eigenvalue weighted by Gasteiger charge is 2.09. The van der Waals surface area contributed by atoms with Crippen molar-refractivity contribution < 1.29 is 8.42 Å². The minimum absolute atomic E-state index is 0.475. The molecule has 0 spiro atoms. The fraction of sp³-hybridized carbons (Fsp3) is 0.250. The first-order chi connectivity index (χ1) is 10.7. The fourth-order valence-corrected chi connectivity index (χ4v) is 4.01. The van der Waals surface area contributed by atoms with Gasteiger partial charge in [-0.25, -0.2) is 8.42 Å². The average molecular weight is 336 g/mol. The molecule has 0 aliphatic heterocycles. The van der Waals surface area contributed by atoms with E-state index in [1.54, 1.807) is 4.31 Å². The van der Waals surface area contributed by atoms with Crippen molar-refractivity contribution in [3.05, 3.63) is 60.7 Å². The van der Waals surface area contributed by atoms with Crippen LogP contribution in [0.4, 0.5) is 11.4 Å². The van der Waals surface area contributed by atoms with Gasteiger partial charge in [-0.2, -0.15) is 0 Å². The maximum atomic E-state index is 12.2. The van der Waals surface area contributed by atoms with Crippen LogP contribution in [0, 0.1) is 0 Å². The average Bonchev–Trinajstić information content (AvgIpc) is 2.55. The molecule has 6 heteroatoms. The summed E-state index contributed by atoms with van der Waals surface area (Å²) in [6.07, 6.45) is 0.635. The minimum Gasteiger partial charge on any atom is -0.305 e. The van der Waals surface area contributed by atoms with Gasteiger partial charge in [-0.05, 0) is 30.7 Å². The van der Waals surface area contributed by atoms with Crippen molar-refractivity contribution in [3.8, 4) is 0 Å². The monoisotopic (exact) mass is 336 g/mol. The summed E-state index contributed by atoms with van der Waals surface area (Å²) in [5.41, 5.74) is 1.76. The Kier molecular flexibility index (Phi) is 6.61. The molecular formula is C16H20N2O2S2. The van der Waals surface area contributed by atoms with Crippen LogP contribution in [0.15, 0.2) is 60.7 Å². The second-order valence-electron chi connectivity index (χ2n) is 4.73. The van der Waals surface area contributed by atoms with Gasteiger partial charge in [0.15, 0.2) is 0 Å². The van der Waals surface area contributed by atoms with Gasteiger partial charge in [-0.3, -0.25) is 4.31 Å². The third kappa shape index (κ3) is 5.27. The van der Waals surface area contributed by atoms with Gasteiger partial charge in [-0.15, -0.1) is 0 Å². The van der Waals surface area contributed by atoms with Crippen molar-refractivity contribution in [2.45, 2.75) is 6.42 Å². The number of benzene rings is 2. The smallest absolute Gasteiger partial charge is 0.119 e. The summed E-state index contributed by atoms with van der Waals surface area (Å²) in [5, 5.41) is 0. The first-order valence-corrected chi connectivity index (χ1v) is 9.63. The first-order valence-electron chi connectivity index (χ1n) is 7.04. The Balaban J connectivity index is 1.74. The van der Waals surface area contributed by atoms with Gasteiger partial charge in [0.05, 0.1) is 0 Å². The molecule has 0 heterocycles. The zero-order valence-electron chi connectivity index (χ0n) is 12.5. The molecule has 0 saturated carbocycles. The molecule has 0 aliphatic rings. The van der Waals surface area contributed by atoms with Gasteiger partial charge in [0.2, 0.25) is 0 Å². The molecule has 0 amide bonds. The highest BCUT2D eigenvalue weighted by molar-refractivity contribution is 7.87. The zero-order valence-corrected chi connectivity index (χ0v) is 14.1. The number of nitrogens with zero attached hydrogens (tertiary/aromatic N) is 1. The Morgan fingerprint density at radius 3 is 2.14 bits per heavy atom. The number of rotatable bonds is 8. The molecule has 2 aromatic carbocycles. The number of hydrogen-bond acceptors (Lipinski definition) is 2. The van der Waals surface area contributed by atoms with Crippen LogP contribution < -0.4 is 9.03 Å². The highest BCUT2D eigenvalue weighted by atomic mass is 32.2. The van der Waals surface area contributed by atoms with E-state index in [0.717, 1.165) is 11.4 Å². The van der Waals surface area contributed by atoms with Crippen LogP contribution in [0.1, 0.15) is 6.42 Å². The first kappa shape index (κ1) is 16.7. The third-order valence-electron chi connectivity index (χ3n) is 3.08. The van der Waals surface area contributed by atoms with Crippen LogP contribution in [0.2, 0.25) is 0 Å². The number of para-hydroxylation sites is 2. The second-order valence-corrected chi connectivity index (χ2v) is 7.63. The molecule has 2 unspecified atom stereocenters. The summed E-state index contributed by atoms with van der Waals surface area (Å²) < 4.78 is 28.8. The van der Waals surface area contributed by atoms with E-state index >= 15 is 0 Å². The Morgan fingerprint density at radius 2 is 1.50 bits per heavy atom. The van der Waals surface area contributed by atoms with Crippen molar-refractivity contribution in [2.24, 2.45) is 0 Å². The summed E-state index contributed by atoms with van der Waals surface area (Å²) in [4.78, 5) is 0. The summed E-state index contributed by atoms with van der Waals surface area (Å²) >= 11 is 0. The Labute approximate surface area is 136 Å². The molecule has 0 aliphatic carbocycles. The predicted molar refractivity (Wildman–Crippen MR) is 95.5 cm³/mol. The summed E-state index contributed by atoms with van der Waals surface area (Å²) in [6, 6.07) is 19.1. The van der Waals surface area contributed by atoms with E-state index in [1.807, 2.05) is 67.7 Å². The molecular weight excluding hydrogens is 316 g/mol. The van der Waals surface area contributed by atoms with E-state index in [0.29, 0.717) is 17.9 Å². The van der Waals surface area contributed by atoms with Crippen molar-refractivity contribution >= 4 is 33.3 Å². The van der Waals surface area contributed by atoms with Crippen LogP contribution in [-0.4, -0.2) is 27.0 Å². The van der Waals surface area contributed by atoms with E-state index in [1.165, 1.54) is 0 Å². The lowest BCUT2D eigenvalue weighted by Gasteiger charge is -2.17. The van der Waals surface area contributed by atoms with E-state index in [4.69, 9.17) is 0 Å². The molecule has 118 valence electrons. The van der Waals surface area contributed by atoms with Gasteiger partial charge in [0.25, 0.3) is 0 Å². The van der Waals surface area contributed by atoms with Crippen molar-refractivity contribution in [1.29, 1.82) is 0 Å². The van der Waals surface area contributed by atoms with Crippen LogP contribution in [0.3, 0.4) is 0 Å². The topological polar surface area (TPSA) is 49.4 Å². The lowest BCUT2D eigenvalue weighted by Crippen LogP contribution is -2.23. The van der Waals surface area contributed by atoms with E-state index < -0.39 is 22.0 Å². The standard InChI is InChI=1S/C16H20N2O2S2/c1-18(16-11-6-3-7-12-16)22(20)14-8-13-21(19)17-15-9-4-2-5-10-15/h2-7,9-12,17H,8,13-14H2,1H3. The van der Waals surface area contributed by atoms with Crippen LogP contribution in [-0.2, 0) is 22.0 Å². The quantitative estimate of drug-likeness (QED) is 0.806. The lowest BCUT2D eigenvalue weighted by atomic mass is 10.3. The summed E-state index contributed by atoms with van der Waals surface area (Å²) in [7, 11) is -0.445. The Bertz CT molecular complexity index is 621. The molecule has 2 rings (SSSR count). The predicted octanol–water partition coefficient (Wildman–Crippen LogP) is 2.95. The lowest BCUT2D eigenvalue weighted by molar-refractivity contribution is 0.678. The van der Waals surface area contributed by atoms with Crippen LogP contribution in [0.5, 0.6) is 0 Å². The van der Waals surface area contributed by atoms with Gasteiger partial charge in [0, 0.05) is 29.9 Å². The molecule has 0 aromatic heterocycles. The number of hydrogen-bond donors (Lipinski definition) is 1. The van der Waals surface area contributed by atoms with Gasteiger partial charge < -0.3 is 4.72 Å². The number of anilines is 2. The molecule has 1 N–H and O–H groups in total. The maximum Gasteiger partial charge on any atom is 0.119 e. The SMILES string of the molecule is CN(c1ccccc1)S(=O)CCCS(=O)Nc1ccccc1. The molecule has 2 aromatic rings. The third-order valence-corrected chi connectivity index (χ3v) is 5.66. The van der Waals surface area contributed by atoms with E-state index in [-0.39, 0.29) is 0 Å². The van der Waals surface area contributed by atoms with Gasteiger partial charge in [0.1, 0.15) is 22.0 Å². The van der Waals surface area contributed by atoms with E-state index in [9.17, 15) is 8.42 Å². The maximum absolute atomic E-state index is 12.2. The fourth-order valence-electron chi connectivity index (χ4n) is 1.89. The normalized spacial score (nSPS) is 13.3. The van der Waals surface area contributed by atoms with Crippen molar-refractivity contribution in [3.63, 3.8) is 0 Å². The molecule has 0 radical (unpaired) electrons. The minimum atomic E-state index is -1.15. The number of nitrogens with one attached hydrogen (secondary N) is 1. The van der Waals surface area contributed by atoms with Crippen LogP contribution >= 0.6 is 0 Å². The zero-order chi connectivity index (χ0) is 15.8. The molecule has 4 nitrogen and oxygen atoms in total. The van der Waals surface area contributed by atoms with E-state index in [2.05, 4.69) is 4.72 Å². The Hall–Kier alpha value is -1.66. The van der Waals surface area contributed by atoms with Crippen LogP contribution in [0.25, 0.3) is 0 Å². The van der Waals surface area contributed by atoms with Crippen molar-refractivity contribution in [1.82, 2.24) is 0 Å². The molecule has 0 fully saturated rings. The molecule has 22 heavy (non-hydrogen) atoms. The molecule has 2 atom stereocenters. The Morgan fingerprint density at radius 1 is 0.909 bits per heavy atom. The van der Waals surface area contributed by atoms with Gasteiger partial charge in [-0.1, -0.05) is 36.4 Å². The molecule has 0 saturated heterocycles. The summed E-state index contributed by atoms with van der Waals surface area (Å²) in [5.74, 6) is 0.969. The summed E-state index contributed by atoms with van der Waals surface area (Å²) in [6.45, 7) is 0. The molecule has 0 bridgehead atoms. The largest absolute Gasteiger partial charge is 0.305 e. The second kappa shape index (κ2) is 8.70. The highest BCUT2D eigenvalue weighted by Crippen LogP contribution is 2.13. The van der Waals surface area contributed by atoms with Crippen molar-refractivity contribution in [2.75, 3.05) is 27.6 Å².